The third-order valence-corrected chi connectivity index (χ3v) is 2.86. The van der Waals surface area contributed by atoms with Crippen LogP contribution in [0.15, 0.2) is 30.5 Å². The van der Waals surface area contributed by atoms with E-state index in [4.69, 9.17) is 0 Å². The first-order valence-electron chi connectivity index (χ1n) is 5.84. The summed E-state index contributed by atoms with van der Waals surface area (Å²) in [7, 11) is 0. The number of carbonyl (C=O) groups is 1. The van der Waals surface area contributed by atoms with Crippen LogP contribution in [0, 0.1) is 0 Å². The van der Waals surface area contributed by atoms with Gasteiger partial charge in [0.25, 0.3) is 5.91 Å². The number of halogens is 3. The van der Waals surface area contributed by atoms with Gasteiger partial charge in [-0.05, 0) is 13.0 Å². The molecule has 102 valence electrons. The number of aromatic amines is 1. The van der Waals surface area contributed by atoms with Gasteiger partial charge in [-0.1, -0.05) is 18.2 Å². The molecule has 0 fully saturated rings. The number of nitrogens with zero attached hydrogens (tertiary/aromatic N) is 1. The number of hydrogen-bond acceptors (Lipinski definition) is 1. The van der Waals surface area contributed by atoms with Crippen LogP contribution in [0.1, 0.15) is 17.3 Å². The maximum Gasteiger partial charge on any atom is 0.406 e. The summed E-state index contributed by atoms with van der Waals surface area (Å²) in [5, 5.41) is 0.633. The lowest BCUT2D eigenvalue weighted by atomic mass is 10.1. The molecule has 1 aromatic carbocycles. The summed E-state index contributed by atoms with van der Waals surface area (Å²) in [5.74, 6) is -0.614. The third kappa shape index (κ3) is 2.89. The second-order valence-electron chi connectivity index (χ2n) is 4.18. The summed E-state index contributed by atoms with van der Waals surface area (Å²) in [5.41, 5.74) is 0.996. The van der Waals surface area contributed by atoms with Crippen LogP contribution in [-0.4, -0.2) is 35.1 Å². The Morgan fingerprint density at radius 1 is 1.32 bits per heavy atom. The van der Waals surface area contributed by atoms with Crippen LogP contribution >= 0.6 is 0 Å². The molecule has 0 saturated carbocycles. The molecule has 2 rings (SSSR count). The molecule has 2 aromatic rings. The molecule has 0 radical (unpaired) electrons. The Balaban J connectivity index is 2.32. The van der Waals surface area contributed by atoms with Gasteiger partial charge in [-0.25, -0.2) is 0 Å². The fourth-order valence-corrected chi connectivity index (χ4v) is 1.96. The molecular formula is C13H13F3N2O. The molecule has 6 heteroatoms. The first kappa shape index (κ1) is 13.5. The fraction of sp³-hybridized carbons (Fsp3) is 0.308. The van der Waals surface area contributed by atoms with Crippen molar-refractivity contribution in [2.24, 2.45) is 0 Å². The molecule has 3 nitrogen and oxygen atoms in total. The number of carbonyl (C=O) groups excluding carboxylic acids is 1. The van der Waals surface area contributed by atoms with Gasteiger partial charge < -0.3 is 9.88 Å². The van der Waals surface area contributed by atoms with Crippen molar-refractivity contribution in [3.63, 3.8) is 0 Å². The number of nitrogens with one attached hydrogen (secondary N) is 1. The van der Waals surface area contributed by atoms with Gasteiger partial charge in [0.15, 0.2) is 0 Å². The van der Waals surface area contributed by atoms with Crippen LogP contribution in [-0.2, 0) is 0 Å². The highest BCUT2D eigenvalue weighted by atomic mass is 19.4. The molecule has 0 spiro atoms. The zero-order valence-corrected chi connectivity index (χ0v) is 10.3. The summed E-state index contributed by atoms with van der Waals surface area (Å²) < 4.78 is 37.2. The minimum atomic E-state index is -4.39. The summed E-state index contributed by atoms with van der Waals surface area (Å²) >= 11 is 0. The van der Waals surface area contributed by atoms with Gasteiger partial charge in [0.2, 0.25) is 0 Å². The van der Waals surface area contributed by atoms with Gasteiger partial charge in [0, 0.05) is 23.6 Å². The SMILES string of the molecule is CCN(CC(F)(F)F)C(=O)c1c[nH]c2ccccc12. The van der Waals surface area contributed by atoms with E-state index in [9.17, 15) is 18.0 Å². The van der Waals surface area contributed by atoms with E-state index in [0.717, 1.165) is 10.4 Å². The molecule has 0 unspecified atom stereocenters. The van der Waals surface area contributed by atoms with E-state index in [2.05, 4.69) is 4.98 Å². The molecule has 0 aliphatic carbocycles. The molecule has 1 aromatic heterocycles. The second-order valence-corrected chi connectivity index (χ2v) is 4.18. The van der Waals surface area contributed by atoms with Crippen molar-refractivity contribution in [2.75, 3.05) is 13.1 Å². The Labute approximate surface area is 108 Å². The van der Waals surface area contributed by atoms with Crippen molar-refractivity contribution >= 4 is 16.8 Å². The number of fused-ring (bicyclic) bond motifs is 1. The van der Waals surface area contributed by atoms with Crippen LogP contribution in [0.25, 0.3) is 10.9 Å². The quantitative estimate of drug-likeness (QED) is 0.913. The van der Waals surface area contributed by atoms with E-state index in [-0.39, 0.29) is 12.1 Å². The van der Waals surface area contributed by atoms with Crippen molar-refractivity contribution < 1.29 is 18.0 Å². The van der Waals surface area contributed by atoms with E-state index in [1.165, 1.54) is 13.1 Å². The minimum absolute atomic E-state index is 0.0118. The lowest BCUT2D eigenvalue weighted by Crippen LogP contribution is -2.38. The predicted octanol–water partition coefficient (Wildman–Crippen LogP) is 3.19. The number of alkyl halides is 3. The lowest BCUT2D eigenvalue weighted by Gasteiger charge is -2.21. The Kier molecular flexibility index (Phi) is 3.50. The monoisotopic (exact) mass is 270 g/mol. The fourth-order valence-electron chi connectivity index (χ4n) is 1.96. The molecule has 0 saturated heterocycles. The number of rotatable bonds is 3. The topological polar surface area (TPSA) is 36.1 Å². The molecule has 0 bridgehead atoms. The van der Waals surface area contributed by atoms with Gasteiger partial charge in [-0.3, -0.25) is 4.79 Å². The van der Waals surface area contributed by atoms with Crippen LogP contribution < -0.4 is 0 Å². The zero-order chi connectivity index (χ0) is 14.0. The van der Waals surface area contributed by atoms with E-state index in [1.807, 2.05) is 0 Å². The number of benzene rings is 1. The van der Waals surface area contributed by atoms with E-state index >= 15 is 0 Å². The Bertz CT molecular complexity index is 589. The standard InChI is InChI=1S/C13H13F3N2O/c1-2-18(8-13(14,15)16)12(19)10-7-17-11-6-4-3-5-9(10)11/h3-7,17H,2,8H2,1H3. The molecule has 19 heavy (non-hydrogen) atoms. The van der Waals surface area contributed by atoms with Gasteiger partial charge in [-0.15, -0.1) is 0 Å². The Morgan fingerprint density at radius 2 is 2.00 bits per heavy atom. The van der Waals surface area contributed by atoms with E-state index < -0.39 is 18.6 Å². The molecule has 1 heterocycles. The summed E-state index contributed by atoms with van der Waals surface area (Å²) in [6.07, 6.45) is -2.94. The molecular weight excluding hydrogens is 257 g/mol. The van der Waals surface area contributed by atoms with Crippen molar-refractivity contribution in [1.29, 1.82) is 0 Å². The molecule has 0 atom stereocenters. The number of H-pyrrole nitrogens is 1. The highest BCUT2D eigenvalue weighted by Crippen LogP contribution is 2.22. The van der Waals surface area contributed by atoms with Gasteiger partial charge >= 0.3 is 6.18 Å². The number of amides is 1. The van der Waals surface area contributed by atoms with Crippen LogP contribution in [0.2, 0.25) is 0 Å². The highest BCUT2D eigenvalue weighted by Gasteiger charge is 2.33. The zero-order valence-electron chi connectivity index (χ0n) is 10.3. The number of para-hydroxylation sites is 1. The van der Waals surface area contributed by atoms with E-state index in [1.54, 1.807) is 24.3 Å². The number of hydrogen-bond donors (Lipinski definition) is 1. The Hall–Kier alpha value is -1.98. The van der Waals surface area contributed by atoms with Crippen LogP contribution in [0.4, 0.5) is 13.2 Å². The van der Waals surface area contributed by atoms with Crippen LogP contribution in [0.3, 0.4) is 0 Å². The van der Waals surface area contributed by atoms with Gasteiger partial charge in [0.05, 0.1) is 5.56 Å². The average Bonchev–Trinajstić information content (AvgIpc) is 2.78. The predicted molar refractivity (Wildman–Crippen MR) is 65.9 cm³/mol. The first-order chi connectivity index (χ1) is 8.92. The second kappa shape index (κ2) is 4.95. The molecule has 0 aliphatic rings. The molecule has 1 N–H and O–H groups in total. The highest BCUT2D eigenvalue weighted by molar-refractivity contribution is 6.06. The summed E-state index contributed by atoms with van der Waals surface area (Å²) in [4.78, 5) is 15.8. The van der Waals surface area contributed by atoms with Crippen molar-refractivity contribution in [1.82, 2.24) is 9.88 Å². The van der Waals surface area contributed by atoms with Crippen LogP contribution in [0.5, 0.6) is 0 Å². The average molecular weight is 270 g/mol. The molecule has 0 aliphatic heterocycles. The molecule has 1 amide bonds. The minimum Gasteiger partial charge on any atom is -0.360 e. The van der Waals surface area contributed by atoms with E-state index in [0.29, 0.717) is 5.39 Å². The summed E-state index contributed by atoms with van der Waals surface area (Å²) in [6, 6.07) is 7.01. The largest absolute Gasteiger partial charge is 0.406 e. The smallest absolute Gasteiger partial charge is 0.360 e. The van der Waals surface area contributed by atoms with Crippen molar-refractivity contribution in [2.45, 2.75) is 13.1 Å². The third-order valence-electron chi connectivity index (χ3n) is 2.86. The maximum absolute atomic E-state index is 12.4. The number of aromatic nitrogens is 1. The Morgan fingerprint density at radius 3 is 2.63 bits per heavy atom. The normalized spacial score (nSPS) is 11.8. The first-order valence-corrected chi connectivity index (χ1v) is 5.84. The maximum atomic E-state index is 12.4. The van der Waals surface area contributed by atoms with Gasteiger partial charge in [-0.2, -0.15) is 13.2 Å². The van der Waals surface area contributed by atoms with Crippen molar-refractivity contribution in [3.05, 3.63) is 36.0 Å². The lowest BCUT2D eigenvalue weighted by molar-refractivity contribution is -0.140. The van der Waals surface area contributed by atoms with Gasteiger partial charge in [0.1, 0.15) is 6.54 Å². The van der Waals surface area contributed by atoms with Crippen molar-refractivity contribution in [3.8, 4) is 0 Å². The summed E-state index contributed by atoms with van der Waals surface area (Å²) in [6.45, 7) is 0.304.